The van der Waals surface area contributed by atoms with Gasteiger partial charge in [-0.05, 0) is 40.7 Å². The fourth-order valence-corrected chi connectivity index (χ4v) is 2.33. The molecule has 1 aliphatic rings. The van der Waals surface area contributed by atoms with Crippen LogP contribution in [-0.2, 0) is 0 Å². The predicted molar refractivity (Wildman–Crippen MR) is 68.6 cm³/mol. The number of hydrogen-bond donors (Lipinski definition) is 2. The van der Waals surface area contributed by atoms with Crippen LogP contribution in [0.4, 0.5) is 0 Å². The highest BCUT2D eigenvalue weighted by atomic mass is 79.9. The van der Waals surface area contributed by atoms with Crippen LogP contribution in [0.25, 0.3) is 0 Å². The third-order valence-electron chi connectivity index (χ3n) is 2.61. The van der Waals surface area contributed by atoms with E-state index >= 15 is 0 Å². The highest BCUT2D eigenvalue weighted by Crippen LogP contribution is 2.39. The number of rotatable bonds is 3. The maximum Gasteiger partial charge on any atom is 0.175 e. The number of halogens is 1. The van der Waals surface area contributed by atoms with Crippen molar-refractivity contribution in [1.29, 1.82) is 0 Å². The van der Waals surface area contributed by atoms with E-state index in [0.717, 1.165) is 22.2 Å². The minimum atomic E-state index is -0.548. The molecule has 0 saturated carbocycles. The number of aliphatic hydroxyl groups excluding tert-OH is 1. The Labute approximate surface area is 109 Å². The molecule has 1 aliphatic heterocycles. The van der Waals surface area contributed by atoms with E-state index in [1.165, 1.54) is 0 Å². The monoisotopic (exact) mass is 301 g/mol. The van der Waals surface area contributed by atoms with Crippen molar-refractivity contribution in [1.82, 2.24) is 5.32 Å². The molecule has 2 rings (SSSR count). The van der Waals surface area contributed by atoms with E-state index in [9.17, 15) is 5.11 Å². The normalized spacial score (nSPS) is 16.4. The fourth-order valence-electron chi connectivity index (χ4n) is 1.75. The third kappa shape index (κ3) is 2.91. The van der Waals surface area contributed by atoms with Crippen LogP contribution in [0.1, 0.15) is 18.1 Å². The van der Waals surface area contributed by atoms with E-state index in [1.807, 2.05) is 12.1 Å². The largest absolute Gasteiger partial charge is 0.490 e. The van der Waals surface area contributed by atoms with Crippen molar-refractivity contribution in [2.24, 2.45) is 0 Å². The predicted octanol–water partition coefficient (Wildman–Crippen LogP) is 1.86. The second-order valence-corrected chi connectivity index (χ2v) is 4.81. The van der Waals surface area contributed by atoms with E-state index in [0.29, 0.717) is 25.5 Å². The van der Waals surface area contributed by atoms with Crippen LogP contribution < -0.4 is 14.8 Å². The lowest BCUT2D eigenvalue weighted by molar-refractivity contribution is 0.177. The van der Waals surface area contributed by atoms with E-state index in [-0.39, 0.29) is 0 Å². The maximum atomic E-state index is 9.94. The molecule has 1 heterocycles. The summed E-state index contributed by atoms with van der Waals surface area (Å²) in [5.41, 5.74) is 0.815. The van der Waals surface area contributed by atoms with Crippen LogP contribution in [-0.4, -0.2) is 31.9 Å². The first-order valence-corrected chi connectivity index (χ1v) is 6.43. The smallest absolute Gasteiger partial charge is 0.175 e. The van der Waals surface area contributed by atoms with Crippen molar-refractivity contribution in [3.05, 3.63) is 22.2 Å². The molecular weight excluding hydrogens is 286 g/mol. The van der Waals surface area contributed by atoms with E-state index < -0.39 is 6.10 Å². The van der Waals surface area contributed by atoms with Gasteiger partial charge in [0.05, 0.1) is 23.8 Å². The molecule has 0 aliphatic carbocycles. The van der Waals surface area contributed by atoms with Gasteiger partial charge in [-0.1, -0.05) is 0 Å². The number of hydrogen-bond acceptors (Lipinski definition) is 4. The Bertz CT molecular complexity index is 398. The molecule has 1 aromatic carbocycles. The molecule has 0 spiro atoms. The molecule has 1 atom stereocenters. The fraction of sp³-hybridized carbons (Fsp3) is 0.500. The van der Waals surface area contributed by atoms with E-state index in [2.05, 4.69) is 21.2 Å². The summed E-state index contributed by atoms with van der Waals surface area (Å²) in [6, 6.07) is 3.71. The molecule has 17 heavy (non-hydrogen) atoms. The molecule has 4 nitrogen and oxygen atoms in total. The molecule has 0 amide bonds. The zero-order valence-electron chi connectivity index (χ0n) is 9.70. The number of benzene rings is 1. The lowest BCUT2D eigenvalue weighted by atomic mass is 10.1. The van der Waals surface area contributed by atoms with Gasteiger partial charge < -0.3 is 19.9 Å². The van der Waals surface area contributed by atoms with Crippen LogP contribution in [0.2, 0.25) is 0 Å². The Morgan fingerprint density at radius 1 is 1.41 bits per heavy atom. The van der Waals surface area contributed by atoms with Crippen molar-refractivity contribution < 1.29 is 14.6 Å². The average Bonchev–Trinajstić information content (AvgIpc) is 2.54. The van der Waals surface area contributed by atoms with Gasteiger partial charge in [-0.15, -0.1) is 0 Å². The van der Waals surface area contributed by atoms with Gasteiger partial charge in [0.1, 0.15) is 0 Å². The molecule has 1 aromatic rings. The first-order valence-electron chi connectivity index (χ1n) is 5.64. The SMILES string of the molecule is CNCC(O)c1cc(Br)c2c(c1)OCCCO2. The Morgan fingerprint density at radius 2 is 2.18 bits per heavy atom. The first kappa shape index (κ1) is 12.7. The van der Waals surface area contributed by atoms with Gasteiger partial charge in [0, 0.05) is 13.0 Å². The zero-order chi connectivity index (χ0) is 12.3. The third-order valence-corrected chi connectivity index (χ3v) is 3.20. The van der Waals surface area contributed by atoms with Crippen LogP contribution in [0.15, 0.2) is 16.6 Å². The molecule has 0 aromatic heterocycles. The number of ether oxygens (including phenoxy) is 2. The summed E-state index contributed by atoms with van der Waals surface area (Å²) in [5.74, 6) is 1.42. The van der Waals surface area contributed by atoms with Crippen LogP contribution in [0.3, 0.4) is 0 Å². The Morgan fingerprint density at radius 3 is 2.94 bits per heavy atom. The molecule has 2 N–H and O–H groups in total. The Hall–Kier alpha value is -0.780. The van der Waals surface area contributed by atoms with Crippen molar-refractivity contribution in [3.8, 4) is 11.5 Å². The summed E-state index contributed by atoms with van der Waals surface area (Å²) >= 11 is 3.45. The minimum Gasteiger partial charge on any atom is -0.490 e. The van der Waals surface area contributed by atoms with Crippen LogP contribution in [0, 0.1) is 0 Å². The molecule has 5 heteroatoms. The zero-order valence-corrected chi connectivity index (χ0v) is 11.3. The van der Waals surface area contributed by atoms with E-state index in [1.54, 1.807) is 7.05 Å². The standard InChI is InChI=1S/C12H16BrNO3/c1-14-7-10(15)8-5-9(13)12-11(6-8)16-3-2-4-17-12/h5-6,10,14-15H,2-4,7H2,1H3. The van der Waals surface area contributed by atoms with Crippen molar-refractivity contribution in [2.75, 3.05) is 26.8 Å². The number of fused-ring (bicyclic) bond motifs is 1. The van der Waals surface area contributed by atoms with Crippen molar-refractivity contribution >= 4 is 15.9 Å². The van der Waals surface area contributed by atoms with Gasteiger partial charge in [0.15, 0.2) is 11.5 Å². The maximum absolute atomic E-state index is 9.94. The second-order valence-electron chi connectivity index (χ2n) is 3.95. The number of aliphatic hydroxyl groups is 1. The lowest BCUT2D eigenvalue weighted by Gasteiger charge is -2.15. The summed E-state index contributed by atoms with van der Waals surface area (Å²) in [7, 11) is 1.81. The summed E-state index contributed by atoms with van der Waals surface area (Å²) in [6.45, 7) is 1.81. The Balaban J connectivity index is 2.31. The topological polar surface area (TPSA) is 50.7 Å². The van der Waals surface area contributed by atoms with E-state index in [4.69, 9.17) is 9.47 Å². The van der Waals surface area contributed by atoms with Crippen molar-refractivity contribution in [3.63, 3.8) is 0 Å². The molecular formula is C12H16BrNO3. The molecule has 0 bridgehead atoms. The quantitative estimate of drug-likeness (QED) is 0.895. The molecule has 0 saturated heterocycles. The molecule has 1 unspecified atom stereocenters. The second kappa shape index (κ2) is 5.71. The summed E-state index contributed by atoms with van der Waals surface area (Å²) < 4.78 is 12.0. The molecule has 0 radical (unpaired) electrons. The average molecular weight is 302 g/mol. The van der Waals surface area contributed by atoms with Gasteiger partial charge in [0.2, 0.25) is 0 Å². The van der Waals surface area contributed by atoms with Gasteiger partial charge in [0.25, 0.3) is 0 Å². The minimum absolute atomic E-state index is 0.506. The van der Waals surface area contributed by atoms with Gasteiger partial charge in [-0.2, -0.15) is 0 Å². The highest BCUT2D eigenvalue weighted by molar-refractivity contribution is 9.10. The summed E-state index contributed by atoms with van der Waals surface area (Å²) in [4.78, 5) is 0. The van der Waals surface area contributed by atoms with Gasteiger partial charge in [-0.3, -0.25) is 0 Å². The van der Waals surface area contributed by atoms with Crippen LogP contribution in [0.5, 0.6) is 11.5 Å². The van der Waals surface area contributed by atoms with Gasteiger partial charge in [-0.25, -0.2) is 0 Å². The van der Waals surface area contributed by atoms with Crippen LogP contribution >= 0.6 is 15.9 Å². The van der Waals surface area contributed by atoms with Crippen molar-refractivity contribution in [2.45, 2.75) is 12.5 Å². The lowest BCUT2D eigenvalue weighted by Crippen LogP contribution is -2.16. The summed E-state index contributed by atoms with van der Waals surface area (Å²) in [6.07, 6.45) is 0.323. The summed E-state index contributed by atoms with van der Waals surface area (Å²) in [5, 5.41) is 12.9. The first-order chi connectivity index (χ1) is 8.22. The number of nitrogens with one attached hydrogen (secondary N) is 1. The molecule has 94 valence electrons. The Kier molecular flexibility index (Phi) is 4.25. The van der Waals surface area contributed by atoms with Gasteiger partial charge >= 0.3 is 0 Å². The number of likely N-dealkylation sites (N-methyl/N-ethyl adjacent to an activating group) is 1. The molecule has 0 fully saturated rings. The highest BCUT2D eigenvalue weighted by Gasteiger charge is 2.17.